The summed E-state index contributed by atoms with van der Waals surface area (Å²) in [6, 6.07) is 16.7. The Kier molecular flexibility index (Phi) is 4.83. The number of nitrogens with zero attached hydrogens (tertiary/aromatic N) is 4. The number of ether oxygens (including phenoxy) is 1. The summed E-state index contributed by atoms with van der Waals surface area (Å²) in [6.45, 7) is 1.92. The summed E-state index contributed by atoms with van der Waals surface area (Å²) in [7, 11) is 1.66. The van der Waals surface area contributed by atoms with E-state index in [9.17, 15) is 0 Å². The number of benzene rings is 2. The maximum absolute atomic E-state index is 5.62. The van der Waals surface area contributed by atoms with Gasteiger partial charge in [0.2, 0.25) is 0 Å². The molecule has 1 aliphatic heterocycles. The van der Waals surface area contributed by atoms with Crippen molar-refractivity contribution in [3.63, 3.8) is 0 Å². The van der Waals surface area contributed by atoms with E-state index >= 15 is 0 Å². The standard InChI is InChI=1S/C23H23N5OS/c1-23(24-14-25-28-23)18-12-11-16(13-19(18)29-2)26-22-27-21-17(9-6-10-20(21)30-22)15-7-4-3-5-8-15/h3-5,7-8,11-14,17H,6,9-10H2,1-2H3,(H,26,27). The smallest absolute Gasteiger partial charge is 0.198 e. The van der Waals surface area contributed by atoms with Crippen molar-refractivity contribution in [2.24, 2.45) is 15.2 Å². The molecule has 3 aromatic rings. The van der Waals surface area contributed by atoms with Crippen LogP contribution in [-0.2, 0) is 12.1 Å². The second kappa shape index (κ2) is 7.65. The van der Waals surface area contributed by atoms with Crippen molar-refractivity contribution in [3.8, 4) is 5.75 Å². The molecule has 0 amide bonds. The minimum Gasteiger partial charge on any atom is -0.496 e. The summed E-state index contributed by atoms with van der Waals surface area (Å²) in [4.78, 5) is 10.7. The molecule has 152 valence electrons. The second-order valence-electron chi connectivity index (χ2n) is 7.70. The second-order valence-corrected chi connectivity index (χ2v) is 8.79. The van der Waals surface area contributed by atoms with Gasteiger partial charge in [0.05, 0.1) is 12.8 Å². The third-order valence-corrected chi connectivity index (χ3v) is 6.78. The first-order valence-electron chi connectivity index (χ1n) is 10.1. The number of rotatable bonds is 5. The molecule has 1 aliphatic carbocycles. The van der Waals surface area contributed by atoms with E-state index in [1.54, 1.807) is 18.4 Å². The number of methoxy groups -OCH3 is 1. The molecule has 0 saturated heterocycles. The van der Waals surface area contributed by atoms with Crippen molar-refractivity contribution in [3.05, 3.63) is 70.2 Å². The van der Waals surface area contributed by atoms with Crippen LogP contribution in [-0.4, -0.2) is 18.4 Å². The molecule has 0 saturated carbocycles. The molecular weight excluding hydrogens is 394 g/mol. The van der Waals surface area contributed by atoms with E-state index < -0.39 is 5.66 Å². The summed E-state index contributed by atoms with van der Waals surface area (Å²) in [5.74, 6) is 1.10. The molecule has 6 nitrogen and oxygen atoms in total. The van der Waals surface area contributed by atoms with Crippen molar-refractivity contribution in [1.82, 2.24) is 4.98 Å². The van der Waals surface area contributed by atoms with Gasteiger partial charge in [0.1, 0.15) is 12.1 Å². The van der Waals surface area contributed by atoms with Crippen LogP contribution in [0.3, 0.4) is 0 Å². The zero-order valence-electron chi connectivity index (χ0n) is 17.0. The van der Waals surface area contributed by atoms with Crippen molar-refractivity contribution >= 4 is 28.5 Å². The molecule has 30 heavy (non-hydrogen) atoms. The lowest BCUT2D eigenvalue weighted by atomic mass is 9.85. The number of aryl methyl sites for hydroxylation is 1. The Morgan fingerprint density at radius 3 is 2.80 bits per heavy atom. The number of azo groups is 1. The molecule has 0 spiro atoms. The van der Waals surface area contributed by atoms with E-state index in [2.05, 4.69) is 50.9 Å². The van der Waals surface area contributed by atoms with Crippen LogP contribution in [0.1, 0.15) is 47.4 Å². The Labute approximate surface area is 179 Å². The third-order valence-electron chi connectivity index (χ3n) is 5.73. The quantitative estimate of drug-likeness (QED) is 0.551. The lowest BCUT2D eigenvalue weighted by Crippen LogP contribution is -2.14. The molecule has 5 rings (SSSR count). The summed E-state index contributed by atoms with van der Waals surface area (Å²) >= 11 is 1.75. The Balaban J connectivity index is 1.43. The van der Waals surface area contributed by atoms with Crippen LogP contribution in [0, 0.1) is 0 Å². The van der Waals surface area contributed by atoms with E-state index in [1.807, 2.05) is 25.1 Å². The first kappa shape index (κ1) is 18.9. The van der Waals surface area contributed by atoms with Gasteiger partial charge in [0.25, 0.3) is 0 Å². The minimum atomic E-state index is -0.729. The van der Waals surface area contributed by atoms with Gasteiger partial charge < -0.3 is 10.1 Å². The van der Waals surface area contributed by atoms with Gasteiger partial charge in [-0.2, -0.15) is 5.11 Å². The molecule has 2 aromatic carbocycles. The molecule has 0 fully saturated rings. The summed E-state index contributed by atoms with van der Waals surface area (Å²) in [5.41, 5.74) is 3.65. The topological polar surface area (TPSA) is 71.2 Å². The molecular formula is C23H23N5OS. The highest BCUT2D eigenvalue weighted by Gasteiger charge is 2.31. The first-order valence-corrected chi connectivity index (χ1v) is 10.9. The SMILES string of the molecule is COc1cc(Nc2nc3c(s2)CCCC3c2ccccc2)ccc1C1(C)N=CN=N1. The number of aliphatic imine (C=N–C) groups is 1. The Morgan fingerprint density at radius 1 is 1.17 bits per heavy atom. The average Bonchev–Trinajstić information content (AvgIpc) is 3.40. The van der Waals surface area contributed by atoms with Gasteiger partial charge in [-0.25, -0.2) is 9.98 Å². The predicted octanol–water partition coefficient (Wildman–Crippen LogP) is 6.03. The molecule has 2 heterocycles. The van der Waals surface area contributed by atoms with E-state index in [1.165, 1.54) is 28.9 Å². The van der Waals surface area contributed by atoms with E-state index in [-0.39, 0.29) is 0 Å². The minimum absolute atomic E-state index is 0.379. The van der Waals surface area contributed by atoms with Crippen molar-refractivity contribution in [2.45, 2.75) is 37.8 Å². The van der Waals surface area contributed by atoms with Gasteiger partial charge in [0.15, 0.2) is 10.8 Å². The average molecular weight is 418 g/mol. The van der Waals surface area contributed by atoms with Crippen molar-refractivity contribution in [2.75, 3.05) is 12.4 Å². The van der Waals surface area contributed by atoms with Gasteiger partial charge in [-0.15, -0.1) is 16.5 Å². The predicted molar refractivity (Wildman–Crippen MR) is 120 cm³/mol. The molecule has 0 radical (unpaired) electrons. The summed E-state index contributed by atoms with van der Waals surface area (Å²) in [5, 5.41) is 12.5. The molecule has 2 atom stereocenters. The van der Waals surface area contributed by atoms with E-state index in [4.69, 9.17) is 9.72 Å². The first-order chi connectivity index (χ1) is 14.7. The van der Waals surface area contributed by atoms with Gasteiger partial charge in [-0.3, -0.25) is 0 Å². The lowest BCUT2D eigenvalue weighted by Gasteiger charge is -2.21. The maximum Gasteiger partial charge on any atom is 0.198 e. The van der Waals surface area contributed by atoms with Crippen LogP contribution in [0.25, 0.3) is 0 Å². The van der Waals surface area contributed by atoms with Crippen LogP contribution in [0.15, 0.2) is 63.8 Å². The third kappa shape index (κ3) is 3.39. The number of hydrogen-bond acceptors (Lipinski definition) is 7. The number of anilines is 2. The monoisotopic (exact) mass is 417 g/mol. The summed E-state index contributed by atoms with van der Waals surface area (Å²) < 4.78 is 5.62. The fourth-order valence-electron chi connectivity index (χ4n) is 4.19. The zero-order valence-corrected chi connectivity index (χ0v) is 17.8. The van der Waals surface area contributed by atoms with Crippen LogP contribution < -0.4 is 10.1 Å². The van der Waals surface area contributed by atoms with E-state index in [0.29, 0.717) is 5.92 Å². The highest BCUT2D eigenvalue weighted by Crippen LogP contribution is 2.42. The number of aromatic nitrogens is 1. The van der Waals surface area contributed by atoms with Crippen LogP contribution in [0.2, 0.25) is 0 Å². The van der Waals surface area contributed by atoms with Crippen LogP contribution >= 0.6 is 11.3 Å². The molecule has 0 bridgehead atoms. The molecule has 2 unspecified atom stereocenters. The highest BCUT2D eigenvalue weighted by atomic mass is 32.1. The van der Waals surface area contributed by atoms with Crippen molar-refractivity contribution in [1.29, 1.82) is 0 Å². The number of fused-ring (bicyclic) bond motifs is 1. The number of hydrogen-bond donors (Lipinski definition) is 1. The highest BCUT2D eigenvalue weighted by molar-refractivity contribution is 7.15. The van der Waals surface area contributed by atoms with Gasteiger partial charge >= 0.3 is 0 Å². The lowest BCUT2D eigenvalue weighted by molar-refractivity contribution is 0.391. The van der Waals surface area contributed by atoms with Crippen molar-refractivity contribution < 1.29 is 4.74 Å². The number of nitrogens with one attached hydrogen (secondary N) is 1. The zero-order chi connectivity index (χ0) is 20.6. The fourth-order valence-corrected chi connectivity index (χ4v) is 5.28. The van der Waals surface area contributed by atoms with Gasteiger partial charge in [-0.1, -0.05) is 30.3 Å². The van der Waals surface area contributed by atoms with Crippen LogP contribution in [0.5, 0.6) is 5.75 Å². The summed E-state index contributed by atoms with van der Waals surface area (Å²) in [6.07, 6.45) is 4.93. The molecule has 1 N–H and O–H groups in total. The van der Waals surface area contributed by atoms with Gasteiger partial charge in [0, 0.05) is 28.1 Å². The fraction of sp³-hybridized carbons (Fsp3) is 0.304. The van der Waals surface area contributed by atoms with Gasteiger partial charge in [-0.05, 0) is 43.9 Å². The largest absolute Gasteiger partial charge is 0.496 e. The molecule has 1 aromatic heterocycles. The maximum atomic E-state index is 5.62. The van der Waals surface area contributed by atoms with Crippen LogP contribution in [0.4, 0.5) is 10.8 Å². The normalized spacial score (nSPS) is 22.1. The Morgan fingerprint density at radius 2 is 2.03 bits per heavy atom. The molecule has 7 heteroatoms. The Hall–Kier alpha value is -3.06. The number of thiazole rings is 1. The molecule has 2 aliphatic rings. The Bertz CT molecular complexity index is 1110. The van der Waals surface area contributed by atoms with E-state index in [0.717, 1.165) is 35.0 Å².